The Morgan fingerprint density at radius 1 is 0.492 bits per heavy atom. The minimum absolute atomic E-state index is 0.545. The Hall–Kier alpha value is -7.48. The molecule has 2 N–H and O–H groups in total. The van der Waals surface area contributed by atoms with E-state index in [0.29, 0.717) is 0 Å². The highest BCUT2D eigenvalue weighted by Crippen LogP contribution is 2.68. The highest BCUT2D eigenvalue weighted by molar-refractivity contribution is 5.96. The van der Waals surface area contributed by atoms with Crippen molar-refractivity contribution in [2.45, 2.75) is 37.5 Å². The smallest absolute Gasteiger partial charge is 0.0725 e. The molecule has 1 nitrogen and oxygen atoms in total. The molecule has 8 aromatic carbocycles. The third-order valence-electron chi connectivity index (χ3n) is 13.9. The van der Waals surface area contributed by atoms with E-state index in [1.807, 2.05) is 0 Å². The van der Waals surface area contributed by atoms with Gasteiger partial charge in [0.2, 0.25) is 0 Å². The Kier molecular flexibility index (Phi) is 9.43. The van der Waals surface area contributed by atoms with Crippen molar-refractivity contribution in [1.29, 1.82) is 0 Å². The fourth-order valence-electron chi connectivity index (χ4n) is 11.3. The molecule has 0 heterocycles. The van der Waals surface area contributed by atoms with Crippen LogP contribution in [0.4, 0.5) is 0 Å². The molecule has 0 saturated heterocycles. The van der Waals surface area contributed by atoms with Crippen molar-refractivity contribution >= 4 is 16.8 Å². The largest absolute Gasteiger partial charge is 0.398 e. The first-order valence-electron chi connectivity index (χ1n) is 22.4. The van der Waals surface area contributed by atoms with Crippen molar-refractivity contribution < 1.29 is 0 Å². The van der Waals surface area contributed by atoms with Crippen LogP contribution < -0.4 is 5.73 Å². The van der Waals surface area contributed by atoms with Crippen molar-refractivity contribution in [3.63, 3.8) is 0 Å². The summed E-state index contributed by atoms with van der Waals surface area (Å²) in [5.74, 6) is 0. The number of allylic oxidation sites excluding steroid dienone is 7. The van der Waals surface area contributed by atoms with Gasteiger partial charge in [-0.2, -0.15) is 0 Å². The molecule has 2 spiro atoms. The zero-order chi connectivity index (χ0) is 42.5. The molecule has 63 heavy (non-hydrogen) atoms. The third-order valence-corrected chi connectivity index (χ3v) is 13.9. The number of nitrogens with two attached hydrogens (primary N) is 1. The lowest BCUT2D eigenvalue weighted by Gasteiger charge is -2.50. The van der Waals surface area contributed by atoms with E-state index in [9.17, 15) is 0 Å². The molecule has 3 aliphatic rings. The number of hydrogen-bond donors (Lipinski definition) is 1. The van der Waals surface area contributed by atoms with Gasteiger partial charge in [-0.25, -0.2) is 0 Å². The van der Waals surface area contributed by atoms with E-state index >= 15 is 0 Å². The van der Waals surface area contributed by atoms with Crippen LogP contribution in [0, 0.1) is 0 Å². The lowest BCUT2D eigenvalue weighted by Crippen LogP contribution is -2.44. The Bertz CT molecular complexity index is 3150. The highest BCUT2D eigenvalue weighted by atomic mass is 14.6. The van der Waals surface area contributed by atoms with Crippen molar-refractivity contribution in [3.8, 4) is 22.3 Å². The average molecular weight is 808 g/mol. The Morgan fingerprint density at radius 2 is 1.00 bits per heavy atom. The maximum absolute atomic E-state index is 7.23. The van der Waals surface area contributed by atoms with Gasteiger partial charge in [-0.15, -0.1) is 0 Å². The molecule has 3 aliphatic carbocycles. The topological polar surface area (TPSA) is 26.0 Å². The first-order valence-corrected chi connectivity index (χ1v) is 22.4. The van der Waals surface area contributed by atoms with Crippen molar-refractivity contribution in [2.24, 2.45) is 5.73 Å². The maximum Gasteiger partial charge on any atom is 0.0725 e. The van der Waals surface area contributed by atoms with Gasteiger partial charge in [-0.1, -0.05) is 219 Å². The second-order valence-corrected chi connectivity index (χ2v) is 17.2. The van der Waals surface area contributed by atoms with Gasteiger partial charge >= 0.3 is 0 Å². The zero-order valence-corrected chi connectivity index (χ0v) is 35.9. The monoisotopic (exact) mass is 807 g/mol. The predicted octanol–water partition coefficient (Wildman–Crippen LogP) is 14.7. The lowest BCUT2D eigenvalue weighted by molar-refractivity contribution is 0.631. The van der Waals surface area contributed by atoms with E-state index in [2.05, 4.69) is 238 Å². The zero-order valence-electron chi connectivity index (χ0n) is 35.9. The normalized spacial score (nSPS) is 16.9. The van der Waals surface area contributed by atoms with Gasteiger partial charge in [0.15, 0.2) is 0 Å². The fourth-order valence-corrected chi connectivity index (χ4v) is 11.3. The molecule has 8 aromatic rings. The molecular weight excluding hydrogens is 759 g/mol. The summed E-state index contributed by atoms with van der Waals surface area (Å²) in [4.78, 5) is 0. The third kappa shape index (κ3) is 5.76. The van der Waals surface area contributed by atoms with Gasteiger partial charge in [0.25, 0.3) is 0 Å². The van der Waals surface area contributed by atoms with E-state index in [0.717, 1.165) is 40.8 Å². The van der Waals surface area contributed by atoms with Crippen LogP contribution in [-0.4, -0.2) is 0 Å². The quantitative estimate of drug-likeness (QED) is 0.152. The van der Waals surface area contributed by atoms with E-state index in [4.69, 9.17) is 5.73 Å². The van der Waals surface area contributed by atoms with Crippen LogP contribution in [0.15, 0.2) is 230 Å². The fraction of sp³-hybridized carbons (Fsp3) is 0.0968. The number of rotatable bonds is 8. The Morgan fingerprint density at radius 3 is 1.67 bits per heavy atom. The summed E-state index contributed by atoms with van der Waals surface area (Å²) in [6.07, 6.45) is 11.0. The SMILES string of the molecule is CC/C=C\C1=C(C)c2ccccc2C12c1ccccc1C1(c3ccccc3-c3ccccc31)c1c(-c3cccc(/C(N)=C/C(=C\Cc4ccccc4)c4ccccc4)c3)cccc12. The molecule has 0 amide bonds. The van der Waals surface area contributed by atoms with Gasteiger partial charge in [0, 0.05) is 5.70 Å². The average Bonchev–Trinajstić information content (AvgIpc) is 3.78. The molecule has 0 fully saturated rings. The summed E-state index contributed by atoms with van der Waals surface area (Å²) in [5, 5.41) is 0. The van der Waals surface area contributed by atoms with Crippen molar-refractivity contribution in [3.05, 3.63) is 291 Å². The molecule has 11 rings (SSSR count). The molecule has 0 saturated carbocycles. The summed E-state index contributed by atoms with van der Waals surface area (Å²) in [7, 11) is 0. The molecule has 1 heteroatoms. The van der Waals surface area contributed by atoms with Gasteiger partial charge in [0.05, 0.1) is 10.8 Å². The molecule has 1 atom stereocenters. The van der Waals surface area contributed by atoms with E-state index in [1.165, 1.54) is 77.9 Å². The molecule has 0 bridgehead atoms. The summed E-state index contributed by atoms with van der Waals surface area (Å²) in [5.41, 5.74) is 29.6. The second-order valence-electron chi connectivity index (χ2n) is 17.2. The standard InChI is InChI=1S/C62H49N/c1-3-4-31-52-42(2)48-27-11-14-32-53(48)61(52)56-35-17-18-36-57(56)62(54-33-15-12-28-50(54)51-29-13-16-34-55(51)62)60-49(30-20-37-58(60)61)46-25-19-26-47(40-46)59(63)41-45(44-23-9-6-10-24-44)39-38-43-21-7-5-8-22-43/h4-37,39-41H,3,38,63H2,1-2H3/b31-4-,45-39+,59-41-. The second kappa shape index (κ2) is 15.5. The summed E-state index contributed by atoms with van der Waals surface area (Å²) in [6.45, 7) is 4.56. The van der Waals surface area contributed by atoms with Crippen LogP contribution in [-0.2, 0) is 17.3 Å². The molecule has 0 aliphatic heterocycles. The van der Waals surface area contributed by atoms with Crippen LogP contribution in [0.25, 0.3) is 39.1 Å². The Labute approximate surface area is 372 Å². The highest BCUT2D eigenvalue weighted by Gasteiger charge is 2.59. The number of fused-ring (bicyclic) bond motifs is 13. The maximum atomic E-state index is 7.23. The molecule has 0 aromatic heterocycles. The van der Waals surface area contributed by atoms with Gasteiger partial charge < -0.3 is 5.73 Å². The van der Waals surface area contributed by atoms with Crippen LogP contribution in [0.1, 0.15) is 81.5 Å². The minimum Gasteiger partial charge on any atom is -0.398 e. The van der Waals surface area contributed by atoms with E-state index in [1.54, 1.807) is 0 Å². The van der Waals surface area contributed by atoms with Crippen LogP contribution >= 0.6 is 0 Å². The minimum atomic E-state index is -0.593. The van der Waals surface area contributed by atoms with Crippen molar-refractivity contribution in [1.82, 2.24) is 0 Å². The van der Waals surface area contributed by atoms with Crippen LogP contribution in [0.5, 0.6) is 0 Å². The van der Waals surface area contributed by atoms with E-state index < -0.39 is 10.8 Å². The molecule has 1 unspecified atom stereocenters. The van der Waals surface area contributed by atoms with Crippen LogP contribution in [0.2, 0.25) is 0 Å². The van der Waals surface area contributed by atoms with Gasteiger partial charge in [0.1, 0.15) is 0 Å². The van der Waals surface area contributed by atoms with Crippen molar-refractivity contribution in [2.75, 3.05) is 0 Å². The molecule has 0 radical (unpaired) electrons. The van der Waals surface area contributed by atoms with Crippen LogP contribution in [0.3, 0.4) is 0 Å². The number of benzene rings is 8. The molecule has 302 valence electrons. The lowest BCUT2D eigenvalue weighted by atomic mass is 9.51. The Balaban J connectivity index is 1.20. The summed E-state index contributed by atoms with van der Waals surface area (Å²) >= 11 is 0. The summed E-state index contributed by atoms with van der Waals surface area (Å²) in [6, 6.07) is 74.0. The first kappa shape index (κ1) is 38.4. The summed E-state index contributed by atoms with van der Waals surface area (Å²) < 4.78 is 0. The first-order chi connectivity index (χ1) is 31.1. The predicted molar refractivity (Wildman–Crippen MR) is 264 cm³/mol. The molecular formula is C62H49N. The van der Waals surface area contributed by atoms with Gasteiger partial charge in [-0.3, -0.25) is 0 Å². The van der Waals surface area contributed by atoms with Gasteiger partial charge in [-0.05, 0) is 132 Å². The van der Waals surface area contributed by atoms with E-state index in [-0.39, 0.29) is 0 Å². The number of hydrogen-bond acceptors (Lipinski definition) is 1.